The summed E-state index contributed by atoms with van der Waals surface area (Å²) in [4.78, 5) is 11.4. The molecule has 0 fully saturated rings. The van der Waals surface area contributed by atoms with Crippen LogP contribution in [0.4, 0.5) is 0 Å². The number of aromatic amines is 1. The molecule has 0 saturated carbocycles. The summed E-state index contributed by atoms with van der Waals surface area (Å²) < 4.78 is 6.56. The summed E-state index contributed by atoms with van der Waals surface area (Å²) >= 11 is 11.1. The molecule has 2 aromatic carbocycles. The smallest absolute Gasteiger partial charge is 0.337 e. The van der Waals surface area contributed by atoms with Crippen LogP contribution in [0.15, 0.2) is 53.6 Å². The van der Waals surface area contributed by atoms with Gasteiger partial charge in [-0.1, -0.05) is 23.7 Å². The molecule has 0 aliphatic rings. The molecular formula is C17H13ClN4O2S. The van der Waals surface area contributed by atoms with Gasteiger partial charge in [0.05, 0.1) is 18.9 Å². The summed E-state index contributed by atoms with van der Waals surface area (Å²) in [5, 5.41) is 11.9. The van der Waals surface area contributed by atoms with Crippen molar-refractivity contribution >= 4 is 36.0 Å². The van der Waals surface area contributed by atoms with Gasteiger partial charge in [0.15, 0.2) is 5.82 Å². The van der Waals surface area contributed by atoms with Crippen LogP contribution in [-0.2, 0) is 4.74 Å². The molecule has 126 valence electrons. The Morgan fingerprint density at radius 3 is 2.56 bits per heavy atom. The van der Waals surface area contributed by atoms with E-state index in [9.17, 15) is 4.79 Å². The second-order valence-corrected chi connectivity index (χ2v) is 5.85. The lowest BCUT2D eigenvalue weighted by Crippen LogP contribution is -2.01. The molecule has 0 radical (unpaired) electrons. The van der Waals surface area contributed by atoms with E-state index in [2.05, 4.69) is 20.0 Å². The van der Waals surface area contributed by atoms with E-state index in [0.29, 0.717) is 21.2 Å². The zero-order chi connectivity index (χ0) is 17.8. The topological polar surface area (TPSA) is 72.3 Å². The van der Waals surface area contributed by atoms with E-state index in [1.807, 2.05) is 12.1 Å². The quantitative estimate of drug-likeness (QED) is 0.428. The number of ether oxygens (including phenoxy) is 1. The third-order valence-corrected chi connectivity index (χ3v) is 3.92. The lowest BCUT2D eigenvalue weighted by molar-refractivity contribution is 0.0600. The Morgan fingerprint density at radius 2 is 1.92 bits per heavy atom. The van der Waals surface area contributed by atoms with Crippen molar-refractivity contribution in [3.8, 4) is 11.4 Å². The zero-order valence-electron chi connectivity index (χ0n) is 13.1. The van der Waals surface area contributed by atoms with Gasteiger partial charge in [0.1, 0.15) is 0 Å². The molecule has 1 N–H and O–H groups in total. The van der Waals surface area contributed by atoms with Crippen LogP contribution < -0.4 is 0 Å². The van der Waals surface area contributed by atoms with Crippen molar-refractivity contribution < 1.29 is 9.53 Å². The van der Waals surface area contributed by atoms with Gasteiger partial charge < -0.3 is 4.74 Å². The zero-order valence-corrected chi connectivity index (χ0v) is 14.7. The maximum absolute atomic E-state index is 11.4. The first-order valence-corrected chi connectivity index (χ1v) is 8.03. The van der Waals surface area contributed by atoms with Crippen LogP contribution in [0.2, 0.25) is 5.02 Å². The summed E-state index contributed by atoms with van der Waals surface area (Å²) in [6.07, 6.45) is 1.63. The van der Waals surface area contributed by atoms with Gasteiger partial charge in [-0.15, -0.1) is 0 Å². The number of methoxy groups -OCH3 is 1. The lowest BCUT2D eigenvalue weighted by atomic mass is 10.1. The molecule has 0 unspecified atom stereocenters. The van der Waals surface area contributed by atoms with E-state index >= 15 is 0 Å². The normalized spacial score (nSPS) is 11.0. The molecule has 8 heteroatoms. The predicted molar refractivity (Wildman–Crippen MR) is 98.6 cm³/mol. The predicted octanol–water partition coefficient (Wildman–Crippen LogP) is 3.93. The highest BCUT2D eigenvalue weighted by molar-refractivity contribution is 7.71. The van der Waals surface area contributed by atoms with Crippen molar-refractivity contribution in [2.75, 3.05) is 7.11 Å². The Morgan fingerprint density at radius 1 is 1.24 bits per heavy atom. The first-order chi connectivity index (χ1) is 12.1. The molecule has 0 saturated heterocycles. The van der Waals surface area contributed by atoms with Gasteiger partial charge >= 0.3 is 5.97 Å². The van der Waals surface area contributed by atoms with Crippen molar-refractivity contribution in [2.45, 2.75) is 0 Å². The average molecular weight is 373 g/mol. The van der Waals surface area contributed by atoms with E-state index < -0.39 is 0 Å². The summed E-state index contributed by atoms with van der Waals surface area (Å²) in [6.45, 7) is 0. The maximum atomic E-state index is 11.4. The van der Waals surface area contributed by atoms with Crippen LogP contribution in [0.3, 0.4) is 0 Å². The van der Waals surface area contributed by atoms with Crippen LogP contribution in [0.5, 0.6) is 0 Å². The van der Waals surface area contributed by atoms with E-state index in [0.717, 1.165) is 11.1 Å². The number of H-pyrrole nitrogens is 1. The Bertz CT molecular complexity index is 975. The van der Waals surface area contributed by atoms with Gasteiger partial charge in [-0.25, -0.2) is 9.89 Å². The van der Waals surface area contributed by atoms with E-state index in [1.54, 1.807) is 42.6 Å². The van der Waals surface area contributed by atoms with E-state index in [-0.39, 0.29) is 5.97 Å². The van der Waals surface area contributed by atoms with Crippen molar-refractivity contribution in [2.24, 2.45) is 5.10 Å². The Hall–Kier alpha value is -2.77. The first kappa shape index (κ1) is 17.1. The molecule has 0 bridgehead atoms. The molecule has 0 aliphatic carbocycles. The average Bonchev–Trinajstić information content (AvgIpc) is 3.01. The van der Waals surface area contributed by atoms with Crippen molar-refractivity contribution in [3.63, 3.8) is 0 Å². The Kier molecular flexibility index (Phi) is 5.06. The fraction of sp³-hybridized carbons (Fsp3) is 0.0588. The summed E-state index contributed by atoms with van der Waals surface area (Å²) in [6, 6.07) is 14.1. The molecule has 0 aliphatic heterocycles. The fourth-order valence-electron chi connectivity index (χ4n) is 2.13. The van der Waals surface area contributed by atoms with Gasteiger partial charge in [0.2, 0.25) is 4.77 Å². The third-order valence-electron chi connectivity index (χ3n) is 3.41. The van der Waals surface area contributed by atoms with Crippen molar-refractivity contribution in [1.29, 1.82) is 0 Å². The van der Waals surface area contributed by atoms with Crippen LogP contribution in [0.25, 0.3) is 11.4 Å². The highest BCUT2D eigenvalue weighted by atomic mass is 35.5. The van der Waals surface area contributed by atoms with Gasteiger partial charge in [0, 0.05) is 10.6 Å². The largest absolute Gasteiger partial charge is 0.465 e. The molecule has 3 aromatic rings. The molecule has 6 nitrogen and oxygen atoms in total. The number of hydrogen-bond acceptors (Lipinski definition) is 5. The van der Waals surface area contributed by atoms with Crippen LogP contribution >= 0.6 is 23.8 Å². The lowest BCUT2D eigenvalue weighted by Gasteiger charge is -2.02. The maximum Gasteiger partial charge on any atom is 0.337 e. The molecule has 0 atom stereocenters. The van der Waals surface area contributed by atoms with Crippen molar-refractivity contribution in [1.82, 2.24) is 14.9 Å². The second-order valence-electron chi connectivity index (χ2n) is 5.03. The SMILES string of the molecule is COC(=O)c1ccc(C=Nn2c(-c3ccc(Cl)cc3)n[nH]c2=S)cc1. The van der Waals surface area contributed by atoms with E-state index in [4.69, 9.17) is 23.8 Å². The summed E-state index contributed by atoms with van der Waals surface area (Å²) in [7, 11) is 1.34. The molecule has 0 amide bonds. The van der Waals surface area contributed by atoms with Gasteiger partial charge in [0.25, 0.3) is 0 Å². The Balaban J connectivity index is 1.89. The standard InChI is InChI=1S/C17H13ClN4O2S/c1-24-16(23)13-4-2-11(3-5-13)10-19-22-15(20-21-17(22)25)12-6-8-14(18)9-7-12/h2-10H,1H3,(H,21,25). The number of aromatic nitrogens is 3. The summed E-state index contributed by atoms with van der Waals surface area (Å²) in [5.74, 6) is 0.190. The number of benzene rings is 2. The highest BCUT2D eigenvalue weighted by Crippen LogP contribution is 2.19. The minimum Gasteiger partial charge on any atom is -0.465 e. The van der Waals surface area contributed by atoms with E-state index in [1.165, 1.54) is 11.8 Å². The molecule has 25 heavy (non-hydrogen) atoms. The number of esters is 1. The monoisotopic (exact) mass is 372 g/mol. The minimum atomic E-state index is -0.384. The Labute approximate surface area is 153 Å². The highest BCUT2D eigenvalue weighted by Gasteiger charge is 2.08. The number of rotatable bonds is 4. The van der Waals surface area contributed by atoms with Crippen LogP contribution in [-0.4, -0.2) is 34.2 Å². The number of halogens is 1. The van der Waals surface area contributed by atoms with Gasteiger partial charge in [-0.05, 0) is 54.2 Å². The van der Waals surface area contributed by atoms with Gasteiger partial charge in [-0.2, -0.15) is 14.9 Å². The second kappa shape index (κ2) is 7.42. The first-order valence-electron chi connectivity index (χ1n) is 7.24. The third kappa shape index (κ3) is 3.84. The molecule has 3 rings (SSSR count). The van der Waals surface area contributed by atoms with Crippen LogP contribution in [0, 0.1) is 4.77 Å². The fourth-order valence-corrected chi connectivity index (χ4v) is 2.44. The molecule has 1 aromatic heterocycles. The molecular weight excluding hydrogens is 360 g/mol. The number of carbonyl (C=O) groups excluding carboxylic acids is 1. The number of hydrogen-bond donors (Lipinski definition) is 1. The number of carbonyl (C=O) groups is 1. The number of nitrogens with zero attached hydrogens (tertiary/aromatic N) is 3. The summed E-state index contributed by atoms with van der Waals surface area (Å²) in [5.41, 5.74) is 2.11. The minimum absolute atomic E-state index is 0.368. The molecule has 1 heterocycles. The molecule has 0 spiro atoms. The van der Waals surface area contributed by atoms with Crippen LogP contribution in [0.1, 0.15) is 15.9 Å². The number of nitrogens with one attached hydrogen (secondary N) is 1. The van der Waals surface area contributed by atoms with Gasteiger partial charge in [-0.3, -0.25) is 0 Å². The van der Waals surface area contributed by atoms with Crippen molar-refractivity contribution in [3.05, 3.63) is 69.5 Å².